The summed E-state index contributed by atoms with van der Waals surface area (Å²) in [5, 5.41) is 6.37. The number of amides is 1. The van der Waals surface area contributed by atoms with Crippen molar-refractivity contribution in [2.24, 2.45) is 0 Å². The van der Waals surface area contributed by atoms with Crippen LogP contribution >= 0.6 is 0 Å². The Morgan fingerprint density at radius 2 is 2.25 bits per heavy atom. The Morgan fingerprint density at radius 1 is 1.45 bits per heavy atom. The number of methoxy groups -OCH3 is 1. The van der Waals surface area contributed by atoms with E-state index in [1.807, 2.05) is 31.2 Å². The summed E-state index contributed by atoms with van der Waals surface area (Å²) in [6.45, 7) is 2.98. The van der Waals surface area contributed by atoms with E-state index in [1.165, 1.54) is 6.42 Å². The smallest absolute Gasteiger partial charge is 0.237 e. The second-order valence-corrected chi connectivity index (χ2v) is 5.43. The van der Waals surface area contributed by atoms with Crippen molar-refractivity contribution in [2.45, 2.75) is 44.7 Å². The topological polar surface area (TPSA) is 50.4 Å². The van der Waals surface area contributed by atoms with E-state index in [1.54, 1.807) is 7.11 Å². The molecule has 4 nitrogen and oxygen atoms in total. The second kappa shape index (κ2) is 7.29. The van der Waals surface area contributed by atoms with Gasteiger partial charge in [-0.3, -0.25) is 4.79 Å². The van der Waals surface area contributed by atoms with Gasteiger partial charge >= 0.3 is 0 Å². The summed E-state index contributed by atoms with van der Waals surface area (Å²) in [6.07, 6.45) is 4.02. The third-order valence-corrected chi connectivity index (χ3v) is 3.73. The maximum atomic E-state index is 12.1. The van der Waals surface area contributed by atoms with E-state index >= 15 is 0 Å². The molecule has 0 aliphatic carbocycles. The fraction of sp³-hybridized carbons (Fsp3) is 0.562. The van der Waals surface area contributed by atoms with E-state index in [9.17, 15) is 4.79 Å². The highest BCUT2D eigenvalue weighted by Gasteiger charge is 2.21. The lowest BCUT2D eigenvalue weighted by atomic mass is 10.0. The van der Waals surface area contributed by atoms with Crippen LogP contribution in [0.4, 0.5) is 0 Å². The first-order valence-corrected chi connectivity index (χ1v) is 7.36. The third-order valence-electron chi connectivity index (χ3n) is 3.73. The standard InChI is InChI=1S/C16H24N2O2/c1-12(11-13-7-3-4-9-15(13)20-2)18-16(19)14-8-5-6-10-17-14/h3-4,7,9,12,14,17H,5-6,8,10-11H2,1-2H3,(H,18,19)/t12?,14-/m0/s1. The van der Waals surface area contributed by atoms with Gasteiger partial charge in [0.25, 0.3) is 0 Å². The minimum absolute atomic E-state index is 0.0242. The number of benzene rings is 1. The van der Waals surface area contributed by atoms with Crippen LogP contribution in [-0.2, 0) is 11.2 Å². The molecule has 2 rings (SSSR count). The number of rotatable bonds is 5. The van der Waals surface area contributed by atoms with Crippen LogP contribution in [-0.4, -0.2) is 31.6 Å². The first-order valence-electron chi connectivity index (χ1n) is 7.36. The van der Waals surface area contributed by atoms with E-state index in [-0.39, 0.29) is 18.0 Å². The van der Waals surface area contributed by atoms with Crippen molar-refractivity contribution in [1.82, 2.24) is 10.6 Å². The summed E-state index contributed by atoms with van der Waals surface area (Å²) in [5.41, 5.74) is 1.12. The van der Waals surface area contributed by atoms with Gasteiger partial charge in [-0.25, -0.2) is 0 Å². The molecule has 2 N–H and O–H groups in total. The number of hydrogen-bond donors (Lipinski definition) is 2. The van der Waals surface area contributed by atoms with Gasteiger partial charge in [0.2, 0.25) is 5.91 Å². The molecule has 0 saturated carbocycles. The molecule has 1 heterocycles. The first-order chi connectivity index (χ1) is 9.70. The highest BCUT2D eigenvalue weighted by molar-refractivity contribution is 5.82. The van der Waals surface area contributed by atoms with Crippen LogP contribution in [0.3, 0.4) is 0 Å². The van der Waals surface area contributed by atoms with Crippen LogP contribution in [0, 0.1) is 0 Å². The van der Waals surface area contributed by atoms with E-state index in [0.717, 1.165) is 37.1 Å². The lowest BCUT2D eigenvalue weighted by molar-refractivity contribution is -0.124. The highest BCUT2D eigenvalue weighted by atomic mass is 16.5. The van der Waals surface area contributed by atoms with Gasteiger partial charge < -0.3 is 15.4 Å². The molecule has 1 aliphatic heterocycles. The Bertz CT molecular complexity index is 442. The summed E-state index contributed by atoms with van der Waals surface area (Å²) >= 11 is 0. The Morgan fingerprint density at radius 3 is 2.95 bits per heavy atom. The zero-order valence-electron chi connectivity index (χ0n) is 12.3. The summed E-state index contributed by atoms with van der Waals surface area (Å²) in [5.74, 6) is 0.997. The summed E-state index contributed by atoms with van der Waals surface area (Å²) in [7, 11) is 1.67. The van der Waals surface area contributed by atoms with Gasteiger partial charge in [0.05, 0.1) is 13.2 Å². The molecule has 1 aromatic carbocycles. The van der Waals surface area contributed by atoms with Gasteiger partial charge in [-0.2, -0.15) is 0 Å². The SMILES string of the molecule is COc1ccccc1CC(C)NC(=O)[C@@H]1CCCCN1. The molecule has 1 aliphatic rings. The Balaban J connectivity index is 1.88. The maximum absolute atomic E-state index is 12.1. The minimum atomic E-state index is -0.0242. The van der Waals surface area contributed by atoms with Crippen molar-refractivity contribution in [3.63, 3.8) is 0 Å². The molecule has 0 spiro atoms. The minimum Gasteiger partial charge on any atom is -0.496 e. The van der Waals surface area contributed by atoms with E-state index in [4.69, 9.17) is 4.74 Å². The van der Waals surface area contributed by atoms with E-state index in [0.29, 0.717) is 0 Å². The van der Waals surface area contributed by atoms with Crippen LogP contribution in [0.25, 0.3) is 0 Å². The van der Waals surface area contributed by atoms with Crippen LogP contribution in [0.15, 0.2) is 24.3 Å². The molecular weight excluding hydrogens is 252 g/mol. The zero-order chi connectivity index (χ0) is 14.4. The summed E-state index contributed by atoms with van der Waals surface area (Å²) < 4.78 is 5.34. The van der Waals surface area contributed by atoms with Crippen molar-refractivity contribution in [3.8, 4) is 5.75 Å². The molecule has 0 aromatic heterocycles. The highest BCUT2D eigenvalue weighted by Crippen LogP contribution is 2.19. The van der Waals surface area contributed by atoms with Gasteiger partial charge in [0, 0.05) is 6.04 Å². The van der Waals surface area contributed by atoms with Crippen molar-refractivity contribution in [1.29, 1.82) is 0 Å². The first kappa shape index (κ1) is 14.9. The summed E-state index contributed by atoms with van der Waals surface area (Å²) in [6, 6.07) is 8.02. The molecule has 1 aromatic rings. The van der Waals surface area contributed by atoms with Gasteiger partial charge in [0.15, 0.2) is 0 Å². The van der Waals surface area contributed by atoms with Crippen molar-refractivity contribution in [2.75, 3.05) is 13.7 Å². The van der Waals surface area contributed by atoms with Crippen LogP contribution in [0.5, 0.6) is 5.75 Å². The molecular formula is C16H24N2O2. The zero-order valence-corrected chi connectivity index (χ0v) is 12.3. The van der Waals surface area contributed by atoms with Gasteiger partial charge in [-0.1, -0.05) is 24.6 Å². The monoisotopic (exact) mass is 276 g/mol. The lowest BCUT2D eigenvalue weighted by Gasteiger charge is -2.24. The largest absolute Gasteiger partial charge is 0.496 e. The fourth-order valence-electron chi connectivity index (χ4n) is 2.67. The number of carbonyl (C=O) groups is 1. The van der Waals surface area contributed by atoms with Crippen molar-refractivity contribution >= 4 is 5.91 Å². The number of para-hydroxylation sites is 1. The lowest BCUT2D eigenvalue weighted by Crippen LogP contribution is -2.49. The van der Waals surface area contributed by atoms with E-state index < -0.39 is 0 Å². The molecule has 0 bridgehead atoms. The van der Waals surface area contributed by atoms with Gasteiger partial charge in [0.1, 0.15) is 5.75 Å². The van der Waals surface area contributed by atoms with Gasteiger partial charge in [-0.05, 0) is 44.4 Å². The van der Waals surface area contributed by atoms with Crippen molar-refractivity contribution in [3.05, 3.63) is 29.8 Å². The van der Waals surface area contributed by atoms with Crippen LogP contribution < -0.4 is 15.4 Å². The molecule has 110 valence electrons. The summed E-state index contributed by atoms with van der Waals surface area (Å²) in [4.78, 5) is 12.1. The molecule has 0 radical (unpaired) electrons. The molecule has 1 fully saturated rings. The molecule has 2 atom stereocenters. The van der Waals surface area contributed by atoms with Crippen LogP contribution in [0.2, 0.25) is 0 Å². The number of hydrogen-bond acceptors (Lipinski definition) is 3. The molecule has 1 unspecified atom stereocenters. The second-order valence-electron chi connectivity index (χ2n) is 5.43. The predicted octanol–water partition coefficient (Wildman–Crippen LogP) is 1.88. The molecule has 4 heteroatoms. The Kier molecular flexibility index (Phi) is 5.41. The Hall–Kier alpha value is -1.55. The maximum Gasteiger partial charge on any atom is 0.237 e. The normalized spacial score (nSPS) is 20.2. The van der Waals surface area contributed by atoms with Gasteiger partial charge in [-0.15, -0.1) is 0 Å². The number of nitrogens with one attached hydrogen (secondary N) is 2. The molecule has 20 heavy (non-hydrogen) atoms. The number of carbonyl (C=O) groups excluding carboxylic acids is 1. The van der Waals surface area contributed by atoms with Crippen LogP contribution in [0.1, 0.15) is 31.7 Å². The average Bonchev–Trinajstić information content (AvgIpc) is 2.48. The molecule has 1 saturated heterocycles. The number of piperidine rings is 1. The Labute approximate surface area is 120 Å². The quantitative estimate of drug-likeness (QED) is 0.863. The average molecular weight is 276 g/mol. The fourth-order valence-corrected chi connectivity index (χ4v) is 2.67. The number of ether oxygens (including phenoxy) is 1. The molecule has 1 amide bonds. The van der Waals surface area contributed by atoms with Crippen molar-refractivity contribution < 1.29 is 9.53 Å². The third kappa shape index (κ3) is 3.97. The predicted molar refractivity (Wildman–Crippen MR) is 79.9 cm³/mol. The van der Waals surface area contributed by atoms with E-state index in [2.05, 4.69) is 10.6 Å².